The highest BCUT2D eigenvalue weighted by molar-refractivity contribution is 9.10. The summed E-state index contributed by atoms with van der Waals surface area (Å²) < 4.78 is 12.3. The summed E-state index contributed by atoms with van der Waals surface area (Å²) >= 11 is 9.34. The highest BCUT2D eigenvalue weighted by Crippen LogP contribution is 2.26. The zero-order valence-electron chi connectivity index (χ0n) is 20.4. The average molecular weight is 588 g/mol. The van der Waals surface area contributed by atoms with E-state index in [2.05, 4.69) is 31.1 Å². The zero-order valence-corrected chi connectivity index (χ0v) is 22.7. The fraction of sp³-hybridized carbons (Fsp3) is 0.296. The lowest BCUT2D eigenvalue weighted by molar-refractivity contribution is -0.136. The summed E-state index contributed by atoms with van der Waals surface area (Å²) in [6.45, 7) is 3.07. The van der Waals surface area contributed by atoms with E-state index in [1.807, 2.05) is 37.4 Å². The second kappa shape index (κ2) is 13.0. The van der Waals surface area contributed by atoms with Gasteiger partial charge < -0.3 is 24.6 Å². The molecule has 1 fully saturated rings. The molecule has 3 aromatic rings. The number of hydrogen-bond acceptors (Lipinski definition) is 6. The van der Waals surface area contributed by atoms with Gasteiger partial charge in [-0.2, -0.15) is 0 Å². The highest BCUT2D eigenvalue weighted by atomic mass is 79.9. The third kappa shape index (κ3) is 7.75. The van der Waals surface area contributed by atoms with Crippen LogP contribution in [0.5, 0.6) is 11.6 Å². The summed E-state index contributed by atoms with van der Waals surface area (Å²) in [7, 11) is 2.02. The van der Waals surface area contributed by atoms with Crippen LogP contribution in [0.2, 0.25) is 5.02 Å². The number of rotatable bonds is 9. The highest BCUT2D eigenvalue weighted by Gasteiger charge is 2.29. The standard InChI is InChI=1S/C27H28BrClN4O4/c1-32-11-13-33(14-12-32)27(35)24(18-36-17-19-5-3-2-4-6-19)31-25(34)23-15-20(28)16-30-26(23)37-22-9-7-21(29)8-10-22/h2-10,15-16,24H,11-14,17-18H2,1H3,(H,31,34). The Morgan fingerprint density at radius 3 is 2.49 bits per heavy atom. The Bertz CT molecular complexity index is 1200. The smallest absolute Gasteiger partial charge is 0.257 e. The summed E-state index contributed by atoms with van der Waals surface area (Å²) in [5, 5.41) is 3.42. The first-order valence-electron chi connectivity index (χ1n) is 11.9. The lowest BCUT2D eigenvalue weighted by Crippen LogP contribution is -2.55. The van der Waals surface area contributed by atoms with E-state index in [1.165, 1.54) is 6.20 Å². The van der Waals surface area contributed by atoms with Crippen LogP contribution in [-0.4, -0.2) is 72.5 Å². The number of nitrogens with one attached hydrogen (secondary N) is 1. The molecule has 2 aromatic carbocycles. The Hall–Kier alpha value is -2.98. The number of benzene rings is 2. The fourth-order valence-electron chi connectivity index (χ4n) is 3.81. The number of carbonyl (C=O) groups is 2. The number of pyridine rings is 1. The largest absolute Gasteiger partial charge is 0.438 e. The van der Waals surface area contributed by atoms with Gasteiger partial charge in [-0.3, -0.25) is 9.59 Å². The van der Waals surface area contributed by atoms with Crippen molar-refractivity contribution in [3.63, 3.8) is 0 Å². The Morgan fingerprint density at radius 1 is 1.08 bits per heavy atom. The van der Waals surface area contributed by atoms with Gasteiger partial charge in [-0.15, -0.1) is 0 Å². The van der Waals surface area contributed by atoms with E-state index in [0.29, 0.717) is 34.9 Å². The van der Waals surface area contributed by atoms with Crippen molar-refractivity contribution in [3.8, 4) is 11.6 Å². The lowest BCUT2D eigenvalue weighted by atomic mass is 10.2. The van der Waals surface area contributed by atoms with Crippen LogP contribution >= 0.6 is 27.5 Å². The van der Waals surface area contributed by atoms with Crippen molar-refractivity contribution in [2.24, 2.45) is 0 Å². The van der Waals surface area contributed by atoms with Crippen molar-refractivity contribution in [3.05, 3.63) is 87.5 Å². The number of likely N-dealkylation sites (N-methyl/N-ethyl adjacent to an activating group) is 1. The van der Waals surface area contributed by atoms with E-state index in [0.717, 1.165) is 18.7 Å². The van der Waals surface area contributed by atoms with Crippen molar-refractivity contribution in [1.82, 2.24) is 20.1 Å². The summed E-state index contributed by atoms with van der Waals surface area (Å²) in [6, 6.07) is 17.2. The van der Waals surface area contributed by atoms with Gasteiger partial charge in [0, 0.05) is 41.9 Å². The molecule has 1 N–H and O–H groups in total. The van der Waals surface area contributed by atoms with Crippen LogP contribution in [0.3, 0.4) is 0 Å². The van der Waals surface area contributed by atoms with E-state index in [9.17, 15) is 9.59 Å². The van der Waals surface area contributed by atoms with E-state index >= 15 is 0 Å². The van der Waals surface area contributed by atoms with Gasteiger partial charge in [0.05, 0.1) is 13.2 Å². The predicted octanol–water partition coefficient (Wildman–Crippen LogP) is 4.38. The molecule has 4 rings (SSSR count). The van der Waals surface area contributed by atoms with Crippen LogP contribution in [0, 0.1) is 0 Å². The first kappa shape index (κ1) is 27.1. The molecular formula is C27H28BrClN4O4. The van der Waals surface area contributed by atoms with Crippen LogP contribution in [0.25, 0.3) is 0 Å². The summed E-state index contributed by atoms with van der Waals surface area (Å²) in [5.41, 5.74) is 1.16. The molecule has 1 saturated heterocycles. The van der Waals surface area contributed by atoms with E-state index in [1.54, 1.807) is 35.2 Å². The molecule has 1 aliphatic heterocycles. The maximum Gasteiger partial charge on any atom is 0.257 e. The molecule has 0 bridgehead atoms. The van der Waals surface area contributed by atoms with Gasteiger partial charge in [-0.05, 0) is 58.9 Å². The minimum Gasteiger partial charge on any atom is -0.438 e. The van der Waals surface area contributed by atoms with Gasteiger partial charge in [0.25, 0.3) is 5.91 Å². The maximum atomic E-state index is 13.4. The summed E-state index contributed by atoms with van der Waals surface area (Å²) in [5.74, 6) is -0.0882. The van der Waals surface area contributed by atoms with Gasteiger partial charge in [-0.1, -0.05) is 41.9 Å². The van der Waals surface area contributed by atoms with Crippen LogP contribution < -0.4 is 10.1 Å². The Balaban J connectivity index is 1.51. The van der Waals surface area contributed by atoms with Gasteiger partial charge in [0.2, 0.25) is 11.8 Å². The van der Waals surface area contributed by atoms with Crippen LogP contribution in [0.1, 0.15) is 15.9 Å². The predicted molar refractivity (Wildman–Crippen MR) is 145 cm³/mol. The normalized spacial score (nSPS) is 14.7. The number of amides is 2. The monoisotopic (exact) mass is 586 g/mol. The molecule has 1 unspecified atom stereocenters. The minimum absolute atomic E-state index is 0.0284. The third-order valence-electron chi connectivity index (χ3n) is 5.90. The van der Waals surface area contributed by atoms with Gasteiger partial charge >= 0.3 is 0 Å². The Labute approximate surface area is 229 Å². The molecule has 37 heavy (non-hydrogen) atoms. The number of piperazine rings is 1. The minimum atomic E-state index is -0.873. The molecule has 0 saturated carbocycles. The second-order valence-electron chi connectivity index (χ2n) is 8.72. The van der Waals surface area contributed by atoms with Crippen LogP contribution in [0.15, 0.2) is 71.3 Å². The number of ether oxygens (including phenoxy) is 2. The molecule has 1 aromatic heterocycles. The molecule has 0 spiro atoms. The fourth-order valence-corrected chi connectivity index (χ4v) is 4.27. The van der Waals surface area contributed by atoms with E-state index < -0.39 is 11.9 Å². The van der Waals surface area contributed by atoms with Crippen LogP contribution in [-0.2, 0) is 16.1 Å². The molecule has 10 heteroatoms. The molecule has 2 heterocycles. The lowest BCUT2D eigenvalue weighted by Gasteiger charge is -2.34. The molecule has 2 amide bonds. The van der Waals surface area contributed by atoms with Gasteiger partial charge in [-0.25, -0.2) is 4.98 Å². The number of nitrogens with zero attached hydrogens (tertiary/aromatic N) is 3. The molecule has 1 atom stereocenters. The van der Waals surface area contributed by atoms with E-state index in [4.69, 9.17) is 21.1 Å². The molecule has 0 aliphatic carbocycles. The topological polar surface area (TPSA) is 84.0 Å². The van der Waals surface area contributed by atoms with Gasteiger partial charge in [0.15, 0.2) is 0 Å². The molecule has 1 aliphatic rings. The molecular weight excluding hydrogens is 560 g/mol. The van der Waals surface area contributed by atoms with Crippen molar-refractivity contribution in [2.45, 2.75) is 12.6 Å². The van der Waals surface area contributed by atoms with Crippen molar-refractivity contribution < 1.29 is 19.1 Å². The van der Waals surface area contributed by atoms with Crippen molar-refractivity contribution in [1.29, 1.82) is 0 Å². The number of halogens is 2. The number of aromatic nitrogens is 1. The maximum absolute atomic E-state index is 13.4. The van der Waals surface area contributed by atoms with Gasteiger partial charge in [0.1, 0.15) is 17.4 Å². The second-order valence-corrected chi connectivity index (χ2v) is 10.1. The summed E-state index contributed by atoms with van der Waals surface area (Å²) in [6.07, 6.45) is 1.54. The Morgan fingerprint density at radius 2 is 1.78 bits per heavy atom. The third-order valence-corrected chi connectivity index (χ3v) is 6.59. The average Bonchev–Trinajstić information content (AvgIpc) is 2.91. The summed E-state index contributed by atoms with van der Waals surface area (Å²) in [4.78, 5) is 35.1. The first-order valence-corrected chi connectivity index (χ1v) is 13.0. The van der Waals surface area contributed by atoms with Crippen LogP contribution in [0.4, 0.5) is 0 Å². The first-order chi connectivity index (χ1) is 17.9. The van der Waals surface area contributed by atoms with E-state index in [-0.39, 0.29) is 24.0 Å². The zero-order chi connectivity index (χ0) is 26.2. The van der Waals surface area contributed by atoms with Crippen molar-refractivity contribution >= 4 is 39.3 Å². The molecule has 194 valence electrons. The van der Waals surface area contributed by atoms with Crippen molar-refractivity contribution in [2.75, 3.05) is 39.8 Å². The number of hydrogen-bond donors (Lipinski definition) is 1. The molecule has 0 radical (unpaired) electrons. The quantitative estimate of drug-likeness (QED) is 0.400. The number of carbonyl (C=O) groups excluding carboxylic acids is 2. The molecule has 8 nitrogen and oxygen atoms in total. The SMILES string of the molecule is CN1CCN(C(=O)C(COCc2ccccc2)NC(=O)c2cc(Br)cnc2Oc2ccc(Cl)cc2)CC1. The Kier molecular flexibility index (Phi) is 9.51.